The zero-order valence-electron chi connectivity index (χ0n) is 12.6. The van der Waals surface area contributed by atoms with Gasteiger partial charge in [-0.1, -0.05) is 0 Å². The van der Waals surface area contributed by atoms with Gasteiger partial charge in [-0.3, -0.25) is 0 Å². The Morgan fingerprint density at radius 1 is 0.609 bits per heavy atom. The van der Waals surface area contributed by atoms with Crippen LogP contribution in [0.1, 0.15) is 11.1 Å². The molecule has 3 rings (SSSR count). The Morgan fingerprint density at radius 2 is 1.13 bits per heavy atom. The van der Waals surface area contributed by atoms with E-state index in [1.165, 1.54) is 12.1 Å². The van der Waals surface area contributed by atoms with Gasteiger partial charge in [0.1, 0.15) is 0 Å². The Labute approximate surface area is 135 Å². The minimum absolute atomic E-state index is 0.138. The van der Waals surface area contributed by atoms with Crippen molar-refractivity contribution in [1.29, 1.82) is 0 Å². The standard InChI is InChI=1S/C19H19O3P/c20-23(21,22,18-12-5-2-6-13-18)19-14-8-7-11-17(19)15-16-9-3-1-4-10-16/h1-14,20-22H,15H2. The molecule has 0 bridgehead atoms. The van der Waals surface area contributed by atoms with E-state index in [0.29, 0.717) is 12.0 Å². The van der Waals surface area contributed by atoms with Crippen LogP contribution in [0.5, 0.6) is 0 Å². The van der Waals surface area contributed by atoms with Gasteiger partial charge in [0, 0.05) is 0 Å². The first-order chi connectivity index (χ1) is 11.0. The average Bonchev–Trinajstić information content (AvgIpc) is 2.57. The molecule has 0 saturated carbocycles. The summed E-state index contributed by atoms with van der Waals surface area (Å²) in [6, 6.07) is 24.9. The van der Waals surface area contributed by atoms with E-state index in [-0.39, 0.29) is 10.6 Å². The Kier molecular flexibility index (Phi) is 4.05. The molecule has 0 heterocycles. The second kappa shape index (κ2) is 5.88. The third-order valence-electron chi connectivity index (χ3n) is 3.90. The second-order valence-electron chi connectivity index (χ2n) is 5.61. The van der Waals surface area contributed by atoms with Crippen LogP contribution in [0.2, 0.25) is 0 Å². The van der Waals surface area contributed by atoms with Gasteiger partial charge in [0.05, 0.1) is 0 Å². The van der Waals surface area contributed by atoms with Crippen molar-refractivity contribution in [1.82, 2.24) is 0 Å². The predicted molar refractivity (Wildman–Crippen MR) is 95.0 cm³/mol. The van der Waals surface area contributed by atoms with Crippen molar-refractivity contribution in [3.63, 3.8) is 0 Å². The van der Waals surface area contributed by atoms with Gasteiger partial charge >= 0.3 is 135 Å². The quantitative estimate of drug-likeness (QED) is 0.646. The Bertz CT molecular complexity index is 793. The van der Waals surface area contributed by atoms with Gasteiger partial charge in [-0.15, -0.1) is 0 Å². The van der Waals surface area contributed by atoms with Crippen molar-refractivity contribution in [3.05, 3.63) is 96.1 Å². The predicted octanol–water partition coefficient (Wildman–Crippen LogP) is 2.50. The Balaban J connectivity index is 2.10. The summed E-state index contributed by atoms with van der Waals surface area (Å²) in [7, 11) is -5.14. The molecule has 0 atom stereocenters. The molecule has 0 radical (unpaired) electrons. The van der Waals surface area contributed by atoms with Gasteiger partial charge in [-0.2, -0.15) is 0 Å². The zero-order chi connectivity index (χ0) is 16.4. The van der Waals surface area contributed by atoms with E-state index in [9.17, 15) is 14.7 Å². The van der Waals surface area contributed by atoms with Gasteiger partial charge in [0.25, 0.3) is 0 Å². The molecule has 0 fully saturated rings. The summed E-state index contributed by atoms with van der Waals surface area (Å²) in [5.74, 6) is 0. The minimum atomic E-state index is -5.14. The molecule has 0 amide bonds. The van der Waals surface area contributed by atoms with E-state index in [1.54, 1.807) is 30.3 Å². The van der Waals surface area contributed by atoms with Crippen LogP contribution in [0.15, 0.2) is 84.9 Å². The van der Waals surface area contributed by atoms with Crippen LogP contribution in [0.3, 0.4) is 0 Å². The van der Waals surface area contributed by atoms with Crippen LogP contribution >= 0.6 is 7.28 Å². The summed E-state index contributed by atoms with van der Waals surface area (Å²) in [6.45, 7) is 0. The molecule has 3 N–H and O–H groups in total. The average molecular weight is 326 g/mol. The fraction of sp³-hybridized carbons (Fsp3) is 0.0526. The van der Waals surface area contributed by atoms with Gasteiger partial charge < -0.3 is 0 Å². The summed E-state index contributed by atoms with van der Waals surface area (Å²) in [5.41, 5.74) is 1.74. The molecule has 0 aliphatic heterocycles. The summed E-state index contributed by atoms with van der Waals surface area (Å²) in [4.78, 5) is 32.5. The van der Waals surface area contributed by atoms with Crippen LogP contribution in [0, 0.1) is 0 Å². The van der Waals surface area contributed by atoms with Crippen LogP contribution in [-0.2, 0) is 6.42 Å². The maximum absolute atomic E-state index is 10.8. The fourth-order valence-electron chi connectivity index (χ4n) is 2.72. The van der Waals surface area contributed by atoms with Crippen molar-refractivity contribution in [3.8, 4) is 0 Å². The molecule has 0 aromatic heterocycles. The Morgan fingerprint density at radius 3 is 1.78 bits per heavy atom. The molecule has 3 nitrogen and oxygen atoms in total. The molecular formula is C19H19O3P. The molecule has 118 valence electrons. The number of rotatable bonds is 4. The number of benzene rings is 3. The molecule has 23 heavy (non-hydrogen) atoms. The molecule has 4 heteroatoms. The van der Waals surface area contributed by atoms with Crippen LogP contribution in [-0.4, -0.2) is 14.7 Å². The van der Waals surface area contributed by atoms with Crippen LogP contribution in [0.25, 0.3) is 0 Å². The van der Waals surface area contributed by atoms with Gasteiger partial charge in [0.2, 0.25) is 0 Å². The number of hydrogen-bond donors (Lipinski definition) is 3. The van der Waals surface area contributed by atoms with Gasteiger partial charge in [-0.25, -0.2) is 0 Å². The molecular weight excluding hydrogens is 307 g/mol. The topological polar surface area (TPSA) is 60.7 Å². The number of hydrogen-bond acceptors (Lipinski definition) is 3. The Hall–Kier alpha value is -2.03. The van der Waals surface area contributed by atoms with Crippen molar-refractivity contribution < 1.29 is 14.7 Å². The molecule has 0 spiro atoms. The van der Waals surface area contributed by atoms with E-state index in [2.05, 4.69) is 0 Å². The van der Waals surface area contributed by atoms with Gasteiger partial charge in [-0.05, 0) is 0 Å². The second-order valence-corrected chi connectivity index (χ2v) is 8.57. The van der Waals surface area contributed by atoms with Crippen molar-refractivity contribution in [2.75, 3.05) is 0 Å². The summed E-state index contributed by atoms with van der Waals surface area (Å²) in [6.07, 6.45) is 0.517. The van der Waals surface area contributed by atoms with Crippen molar-refractivity contribution in [2.45, 2.75) is 6.42 Å². The van der Waals surface area contributed by atoms with E-state index >= 15 is 0 Å². The summed E-state index contributed by atoms with van der Waals surface area (Å²) >= 11 is 0. The molecule has 0 saturated heterocycles. The first kappa shape index (κ1) is 15.9. The van der Waals surface area contributed by atoms with E-state index in [0.717, 1.165) is 5.56 Å². The van der Waals surface area contributed by atoms with Gasteiger partial charge in [0.15, 0.2) is 0 Å². The SMILES string of the molecule is OP(O)(O)(c1ccccc1)c1ccccc1Cc1ccccc1. The summed E-state index contributed by atoms with van der Waals surface area (Å²) in [5, 5.41) is 0.326. The van der Waals surface area contributed by atoms with Crippen LogP contribution in [0.4, 0.5) is 0 Å². The van der Waals surface area contributed by atoms with E-state index in [4.69, 9.17) is 0 Å². The monoisotopic (exact) mass is 326 g/mol. The first-order valence-corrected chi connectivity index (χ1v) is 9.50. The fourth-order valence-corrected chi connectivity index (χ4v) is 4.76. The molecule has 3 aromatic carbocycles. The van der Waals surface area contributed by atoms with Crippen LogP contribution < -0.4 is 10.6 Å². The first-order valence-electron chi connectivity index (χ1n) is 7.40. The zero-order valence-corrected chi connectivity index (χ0v) is 13.5. The third-order valence-corrected chi connectivity index (χ3v) is 6.48. The van der Waals surface area contributed by atoms with Crippen molar-refractivity contribution >= 4 is 17.9 Å². The summed E-state index contributed by atoms with van der Waals surface area (Å²) < 4.78 is 0. The molecule has 3 aromatic rings. The van der Waals surface area contributed by atoms with E-state index in [1.807, 2.05) is 42.5 Å². The maximum atomic E-state index is 10.8. The molecule has 0 unspecified atom stereocenters. The normalized spacial score (nSPS) is 13.3. The van der Waals surface area contributed by atoms with Crippen molar-refractivity contribution in [2.24, 2.45) is 0 Å². The third kappa shape index (κ3) is 3.19. The molecule has 0 aliphatic rings. The molecule has 0 aliphatic carbocycles. The van der Waals surface area contributed by atoms with E-state index < -0.39 is 7.28 Å².